The van der Waals surface area contributed by atoms with Crippen LogP contribution in [0.15, 0.2) is 30.5 Å². The van der Waals surface area contributed by atoms with Crippen molar-refractivity contribution in [1.82, 2.24) is 19.9 Å². The van der Waals surface area contributed by atoms with Gasteiger partial charge in [-0.2, -0.15) is 13.2 Å². The van der Waals surface area contributed by atoms with Gasteiger partial charge in [-0.05, 0) is 31.0 Å². The summed E-state index contributed by atoms with van der Waals surface area (Å²) in [5.41, 5.74) is 5.31. The quantitative estimate of drug-likeness (QED) is 0.906. The Kier molecular flexibility index (Phi) is 4.27. The second-order valence-corrected chi connectivity index (χ2v) is 5.73. The lowest BCUT2D eigenvalue weighted by molar-refractivity contribution is -0.137. The summed E-state index contributed by atoms with van der Waals surface area (Å²) in [5.74, 6) is -0.292. The molecular formula is C15H16F3N5O. The number of nitrogens with zero attached hydrogens (tertiary/aromatic N) is 4. The van der Waals surface area contributed by atoms with Crippen molar-refractivity contribution in [3.8, 4) is 5.69 Å². The van der Waals surface area contributed by atoms with E-state index in [1.165, 1.54) is 18.3 Å². The minimum absolute atomic E-state index is 0.0924. The Morgan fingerprint density at radius 1 is 1.25 bits per heavy atom. The van der Waals surface area contributed by atoms with Gasteiger partial charge in [0.25, 0.3) is 5.91 Å². The zero-order chi connectivity index (χ0) is 17.3. The van der Waals surface area contributed by atoms with E-state index < -0.39 is 11.7 Å². The predicted octanol–water partition coefficient (Wildman–Crippen LogP) is 1.85. The monoisotopic (exact) mass is 339 g/mol. The molecule has 0 unspecified atom stereocenters. The maximum Gasteiger partial charge on any atom is 0.416 e. The van der Waals surface area contributed by atoms with Crippen LogP contribution in [0.25, 0.3) is 5.69 Å². The molecule has 24 heavy (non-hydrogen) atoms. The van der Waals surface area contributed by atoms with Gasteiger partial charge in [0.15, 0.2) is 5.69 Å². The number of hydrogen-bond acceptors (Lipinski definition) is 4. The highest BCUT2D eigenvalue weighted by Crippen LogP contribution is 2.30. The van der Waals surface area contributed by atoms with Gasteiger partial charge in [-0.1, -0.05) is 11.3 Å². The summed E-state index contributed by atoms with van der Waals surface area (Å²) in [5, 5.41) is 7.56. The fourth-order valence-corrected chi connectivity index (χ4v) is 2.58. The number of benzene rings is 1. The zero-order valence-electron chi connectivity index (χ0n) is 12.7. The van der Waals surface area contributed by atoms with Gasteiger partial charge in [-0.15, -0.1) is 5.10 Å². The molecule has 9 heteroatoms. The molecule has 6 nitrogen and oxygen atoms in total. The molecule has 0 saturated carbocycles. The number of carbonyl (C=O) groups is 1. The van der Waals surface area contributed by atoms with Crippen molar-refractivity contribution in [3.63, 3.8) is 0 Å². The minimum atomic E-state index is -4.44. The van der Waals surface area contributed by atoms with Crippen LogP contribution in [0.2, 0.25) is 0 Å². The molecule has 1 saturated heterocycles. The Bertz CT molecular complexity index is 735. The summed E-state index contributed by atoms with van der Waals surface area (Å²) < 4.78 is 39.5. The van der Waals surface area contributed by atoms with Gasteiger partial charge < -0.3 is 10.6 Å². The van der Waals surface area contributed by atoms with E-state index in [1.54, 1.807) is 4.90 Å². The summed E-state index contributed by atoms with van der Waals surface area (Å²) in [4.78, 5) is 14.0. The smallest absolute Gasteiger partial charge is 0.337 e. The van der Waals surface area contributed by atoms with Gasteiger partial charge in [0.2, 0.25) is 0 Å². The third-order valence-corrected chi connectivity index (χ3v) is 3.98. The van der Waals surface area contributed by atoms with E-state index in [-0.39, 0.29) is 23.3 Å². The van der Waals surface area contributed by atoms with Gasteiger partial charge >= 0.3 is 6.18 Å². The van der Waals surface area contributed by atoms with Gasteiger partial charge in [0, 0.05) is 19.1 Å². The van der Waals surface area contributed by atoms with Crippen LogP contribution in [0.3, 0.4) is 0 Å². The topological polar surface area (TPSA) is 77.0 Å². The molecule has 2 aromatic rings. The molecule has 3 rings (SSSR count). The molecule has 0 bridgehead atoms. The van der Waals surface area contributed by atoms with E-state index in [0.717, 1.165) is 16.8 Å². The summed E-state index contributed by atoms with van der Waals surface area (Å²) in [6, 6.07) is 4.78. The molecule has 1 aliphatic heterocycles. The van der Waals surface area contributed by atoms with E-state index >= 15 is 0 Å². The number of likely N-dealkylation sites (tertiary alicyclic amines) is 1. The number of rotatable bonds is 2. The van der Waals surface area contributed by atoms with Crippen molar-refractivity contribution >= 4 is 5.91 Å². The minimum Gasteiger partial charge on any atom is -0.337 e. The second-order valence-electron chi connectivity index (χ2n) is 5.73. The molecular weight excluding hydrogens is 323 g/mol. The highest BCUT2D eigenvalue weighted by Gasteiger charge is 2.30. The molecule has 1 aromatic carbocycles. The van der Waals surface area contributed by atoms with E-state index in [1.807, 2.05) is 0 Å². The third-order valence-electron chi connectivity index (χ3n) is 3.98. The number of alkyl halides is 3. The van der Waals surface area contributed by atoms with Crippen LogP contribution in [0, 0.1) is 0 Å². The summed E-state index contributed by atoms with van der Waals surface area (Å²) in [6.07, 6.45) is -1.67. The van der Waals surface area contributed by atoms with Gasteiger partial charge in [-0.25, -0.2) is 4.68 Å². The first-order chi connectivity index (χ1) is 11.3. The first-order valence-corrected chi connectivity index (χ1v) is 7.49. The standard InChI is InChI=1S/C15H16F3N5O/c16-15(17,18)10-2-1-3-12(8-10)23-9-13(20-21-23)14(24)22-6-4-11(19)5-7-22/h1-3,8-9,11H,4-7,19H2. The molecule has 128 valence electrons. The number of hydrogen-bond donors (Lipinski definition) is 1. The van der Waals surface area contributed by atoms with Crippen LogP contribution >= 0.6 is 0 Å². The van der Waals surface area contributed by atoms with Gasteiger partial charge in [0.1, 0.15) is 0 Å². The number of amides is 1. The van der Waals surface area contributed by atoms with Crippen molar-refractivity contribution in [2.24, 2.45) is 5.73 Å². The summed E-state index contributed by atoms with van der Waals surface area (Å²) in [6.45, 7) is 1.08. The first kappa shape index (κ1) is 16.4. The third kappa shape index (κ3) is 3.40. The number of halogens is 3. The van der Waals surface area contributed by atoms with Crippen molar-refractivity contribution < 1.29 is 18.0 Å². The van der Waals surface area contributed by atoms with E-state index in [9.17, 15) is 18.0 Å². The Balaban J connectivity index is 1.79. The normalized spacial score (nSPS) is 16.4. The predicted molar refractivity (Wildman–Crippen MR) is 79.5 cm³/mol. The molecule has 0 spiro atoms. The lowest BCUT2D eigenvalue weighted by Crippen LogP contribution is -2.43. The lowest BCUT2D eigenvalue weighted by Gasteiger charge is -2.29. The van der Waals surface area contributed by atoms with Gasteiger partial charge in [0.05, 0.1) is 17.4 Å². The van der Waals surface area contributed by atoms with Crippen molar-refractivity contribution in [3.05, 3.63) is 41.7 Å². The Morgan fingerprint density at radius 2 is 1.96 bits per heavy atom. The molecule has 1 aromatic heterocycles. The SMILES string of the molecule is NC1CCN(C(=O)c2cn(-c3cccc(C(F)(F)F)c3)nn2)CC1. The number of aromatic nitrogens is 3. The Labute approximate surface area is 136 Å². The fourth-order valence-electron chi connectivity index (χ4n) is 2.58. The van der Waals surface area contributed by atoms with E-state index in [2.05, 4.69) is 10.3 Å². The maximum absolute atomic E-state index is 12.8. The van der Waals surface area contributed by atoms with Crippen LogP contribution < -0.4 is 5.73 Å². The van der Waals surface area contributed by atoms with Crippen molar-refractivity contribution in [2.45, 2.75) is 25.1 Å². The largest absolute Gasteiger partial charge is 0.416 e. The van der Waals surface area contributed by atoms with Crippen LogP contribution in [0.5, 0.6) is 0 Å². The molecule has 0 atom stereocenters. The molecule has 1 fully saturated rings. The van der Waals surface area contributed by atoms with Crippen LogP contribution in [-0.2, 0) is 6.18 Å². The number of nitrogens with two attached hydrogens (primary N) is 1. The van der Waals surface area contributed by atoms with Crippen LogP contribution in [0.1, 0.15) is 28.9 Å². The highest BCUT2D eigenvalue weighted by atomic mass is 19.4. The molecule has 0 aliphatic carbocycles. The Hall–Kier alpha value is -2.42. The zero-order valence-corrected chi connectivity index (χ0v) is 12.7. The second kappa shape index (κ2) is 6.23. The van der Waals surface area contributed by atoms with Crippen molar-refractivity contribution in [1.29, 1.82) is 0 Å². The number of piperidine rings is 1. The van der Waals surface area contributed by atoms with E-state index in [0.29, 0.717) is 25.9 Å². The molecule has 2 N–H and O–H groups in total. The lowest BCUT2D eigenvalue weighted by atomic mass is 10.1. The molecule has 2 heterocycles. The summed E-state index contributed by atoms with van der Waals surface area (Å²) in [7, 11) is 0. The molecule has 1 aliphatic rings. The van der Waals surface area contributed by atoms with E-state index in [4.69, 9.17) is 5.73 Å². The van der Waals surface area contributed by atoms with Crippen LogP contribution in [-0.4, -0.2) is 44.9 Å². The average molecular weight is 339 g/mol. The Morgan fingerprint density at radius 3 is 2.62 bits per heavy atom. The maximum atomic E-state index is 12.8. The average Bonchev–Trinajstić information content (AvgIpc) is 3.04. The molecule has 1 amide bonds. The highest BCUT2D eigenvalue weighted by molar-refractivity contribution is 5.92. The van der Waals surface area contributed by atoms with Crippen molar-refractivity contribution in [2.75, 3.05) is 13.1 Å². The fraction of sp³-hybridized carbons (Fsp3) is 0.400. The van der Waals surface area contributed by atoms with Gasteiger partial charge in [-0.3, -0.25) is 4.79 Å². The summed E-state index contributed by atoms with van der Waals surface area (Å²) >= 11 is 0. The van der Waals surface area contributed by atoms with Crippen LogP contribution in [0.4, 0.5) is 13.2 Å². The first-order valence-electron chi connectivity index (χ1n) is 7.49. The molecule has 0 radical (unpaired) electrons. The number of carbonyl (C=O) groups excluding carboxylic acids is 1.